The first-order valence-corrected chi connectivity index (χ1v) is 9.06. The molecule has 3 heterocycles. The molecule has 25 heavy (non-hydrogen) atoms. The molecule has 0 aliphatic carbocycles. The predicted octanol–water partition coefficient (Wildman–Crippen LogP) is 1.85. The lowest BCUT2D eigenvalue weighted by Gasteiger charge is -2.47. The summed E-state index contributed by atoms with van der Waals surface area (Å²) in [4.78, 5) is 32.7. The quantitative estimate of drug-likeness (QED) is 0.817. The number of nitrogens with zero attached hydrogens (tertiary/aromatic N) is 3. The molecule has 6 nitrogen and oxygen atoms in total. The number of carbonyl (C=O) groups is 2. The minimum Gasteiger partial charge on any atom is -0.384 e. The number of rotatable bonds is 5. The zero-order chi connectivity index (χ0) is 17.7. The molecule has 1 aromatic heterocycles. The maximum Gasteiger partial charge on any atom is 0.224 e. The van der Waals surface area contributed by atoms with Gasteiger partial charge in [-0.2, -0.15) is 0 Å². The van der Waals surface area contributed by atoms with Crippen LogP contribution in [0.5, 0.6) is 0 Å². The van der Waals surface area contributed by atoms with Crippen molar-refractivity contribution in [1.82, 2.24) is 14.8 Å². The smallest absolute Gasteiger partial charge is 0.224 e. The van der Waals surface area contributed by atoms with Crippen LogP contribution in [0, 0.1) is 5.41 Å². The third-order valence-electron chi connectivity index (χ3n) is 5.52. The topological polar surface area (TPSA) is 62.7 Å². The SMILES string of the molecule is COCCC(=O)N1CCC2(CCC(=O)N(Cc3ccccn3)C2)CC1. The van der Waals surface area contributed by atoms with Crippen LogP contribution < -0.4 is 0 Å². The first-order valence-electron chi connectivity index (χ1n) is 9.06. The van der Waals surface area contributed by atoms with Crippen molar-refractivity contribution in [2.75, 3.05) is 33.4 Å². The van der Waals surface area contributed by atoms with Crippen LogP contribution in [0.25, 0.3) is 0 Å². The first kappa shape index (κ1) is 17.9. The highest BCUT2D eigenvalue weighted by Crippen LogP contribution is 2.40. The van der Waals surface area contributed by atoms with Gasteiger partial charge < -0.3 is 14.5 Å². The Labute approximate surface area is 149 Å². The standard InChI is InChI=1S/C19H27N3O3/c1-25-13-6-18(24)21-11-8-19(9-12-21)7-5-17(23)22(15-19)14-16-4-2-3-10-20-16/h2-4,10H,5-9,11-15H2,1H3. The molecule has 0 saturated carbocycles. The Bertz CT molecular complexity index is 597. The molecular formula is C19H27N3O3. The number of ether oxygens (including phenoxy) is 1. The molecule has 1 aromatic rings. The van der Waals surface area contributed by atoms with Gasteiger partial charge in [-0.1, -0.05) is 6.07 Å². The summed E-state index contributed by atoms with van der Waals surface area (Å²) in [7, 11) is 1.62. The van der Waals surface area contributed by atoms with Crippen LogP contribution in [0.2, 0.25) is 0 Å². The van der Waals surface area contributed by atoms with E-state index in [-0.39, 0.29) is 17.2 Å². The van der Waals surface area contributed by atoms with Gasteiger partial charge in [0.05, 0.1) is 25.3 Å². The number of hydrogen-bond acceptors (Lipinski definition) is 4. The number of amides is 2. The number of pyridine rings is 1. The van der Waals surface area contributed by atoms with E-state index >= 15 is 0 Å². The minimum atomic E-state index is 0.153. The van der Waals surface area contributed by atoms with E-state index in [1.165, 1.54) is 0 Å². The predicted molar refractivity (Wildman–Crippen MR) is 93.6 cm³/mol. The number of hydrogen-bond donors (Lipinski definition) is 0. The molecule has 2 aliphatic heterocycles. The average molecular weight is 345 g/mol. The second-order valence-electron chi connectivity index (χ2n) is 7.19. The second kappa shape index (κ2) is 7.95. The Hall–Kier alpha value is -1.95. The summed E-state index contributed by atoms with van der Waals surface area (Å²) >= 11 is 0. The zero-order valence-electron chi connectivity index (χ0n) is 14.9. The van der Waals surface area contributed by atoms with Crippen molar-refractivity contribution < 1.29 is 14.3 Å². The van der Waals surface area contributed by atoms with Crippen molar-refractivity contribution in [3.8, 4) is 0 Å². The normalized spacial score (nSPS) is 20.1. The summed E-state index contributed by atoms with van der Waals surface area (Å²) < 4.78 is 5.00. The van der Waals surface area contributed by atoms with Crippen LogP contribution in [0.4, 0.5) is 0 Å². The summed E-state index contributed by atoms with van der Waals surface area (Å²) in [6.45, 7) is 3.41. The summed E-state index contributed by atoms with van der Waals surface area (Å²) in [6, 6.07) is 5.81. The van der Waals surface area contributed by atoms with Crippen molar-refractivity contribution in [3.05, 3.63) is 30.1 Å². The Morgan fingerprint density at radius 3 is 2.76 bits per heavy atom. The van der Waals surface area contributed by atoms with E-state index in [0.717, 1.165) is 44.6 Å². The van der Waals surface area contributed by atoms with Crippen molar-refractivity contribution in [2.45, 2.75) is 38.6 Å². The Morgan fingerprint density at radius 1 is 1.28 bits per heavy atom. The maximum atomic E-state index is 12.3. The molecule has 2 fully saturated rings. The lowest BCUT2D eigenvalue weighted by atomic mass is 9.72. The van der Waals surface area contributed by atoms with Crippen molar-refractivity contribution in [2.24, 2.45) is 5.41 Å². The number of piperidine rings is 2. The van der Waals surface area contributed by atoms with Gasteiger partial charge in [0, 0.05) is 39.4 Å². The Kier molecular flexibility index (Phi) is 5.68. The summed E-state index contributed by atoms with van der Waals surface area (Å²) in [6.07, 6.45) is 5.70. The molecular weight excluding hydrogens is 318 g/mol. The van der Waals surface area contributed by atoms with Crippen LogP contribution in [-0.2, 0) is 20.9 Å². The third kappa shape index (κ3) is 4.37. The van der Waals surface area contributed by atoms with Gasteiger partial charge >= 0.3 is 0 Å². The molecule has 0 radical (unpaired) electrons. The number of carbonyl (C=O) groups excluding carboxylic acids is 2. The molecule has 2 saturated heterocycles. The van der Waals surface area contributed by atoms with Crippen molar-refractivity contribution >= 4 is 11.8 Å². The van der Waals surface area contributed by atoms with Gasteiger partial charge in [0.2, 0.25) is 11.8 Å². The van der Waals surface area contributed by atoms with Crippen molar-refractivity contribution in [1.29, 1.82) is 0 Å². The molecule has 0 aromatic carbocycles. The molecule has 136 valence electrons. The van der Waals surface area contributed by atoms with Crippen molar-refractivity contribution in [3.63, 3.8) is 0 Å². The summed E-state index contributed by atoms with van der Waals surface area (Å²) in [5, 5.41) is 0. The zero-order valence-corrected chi connectivity index (χ0v) is 14.9. The molecule has 0 atom stereocenters. The minimum absolute atomic E-state index is 0.153. The summed E-state index contributed by atoms with van der Waals surface area (Å²) in [5.74, 6) is 0.392. The molecule has 0 bridgehead atoms. The van der Waals surface area contributed by atoms with Crippen LogP contribution in [0.15, 0.2) is 24.4 Å². The highest BCUT2D eigenvalue weighted by atomic mass is 16.5. The fourth-order valence-corrected chi connectivity index (χ4v) is 3.92. The fraction of sp³-hybridized carbons (Fsp3) is 0.632. The average Bonchev–Trinajstić information content (AvgIpc) is 2.64. The van der Waals surface area contributed by atoms with Gasteiger partial charge in [-0.25, -0.2) is 0 Å². The van der Waals surface area contributed by atoms with Gasteiger partial charge in [-0.05, 0) is 36.8 Å². The molecule has 6 heteroatoms. The third-order valence-corrected chi connectivity index (χ3v) is 5.52. The highest BCUT2D eigenvalue weighted by Gasteiger charge is 2.41. The molecule has 0 N–H and O–H groups in total. The van der Waals surface area contributed by atoms with E-state index in [4.69, 9.17) is 4.74 Å². The maximum absolute atomic E-state index is 12.3. The highest BCUT2D eigenvalue weighted by molar-refractivity contribution is 5.77. The Balaban J connectivity index is 1.58. The number of likely N-dealkylation sites (tertiary alicyclic amines) is 2. The van der Waals surface area contributed by atoms with Gasteiger partial charge in [0.15, 0.2) is 0 Å². The molecule has 3 rings (SSSR count). The van der Waals surface area contributed by atoms with E-state index in [1.54, 1.807) is 13.3 Å². The fourth-order valence-electron chi connectivity index (χ4n) is 3.92. The lowest BCUT2D eigenvalue weighted by Crippen LogP contribution is -2.52. The van der Waals surface area contributed by atoms with Crippen LogP contribution in [0.1, 0.15) is 37.8 Å². The summed E-state index contributed by atoms with van der Waals surface area (Å²) in [5.41, 5.74) is 1.08. The monoisotopic (exact) mass is 345 g/mol. The number of aromatic nitrogens is 1. The number of methoxy groups -OCH3 is 1. The second-order valence-corrected chi connectivity index (χ2v) is 7.19. The van der Waals surface area contributed by atoms with Gasteiger partial charge in [0.1, 0.15) is 0 Å². The van der Waals surface area contributed by atoms with Crippen LogP contribution in [0.3, 0.4) is 0 Å². The Morgan fingerprint density at radius 2 is 2.08 bits per heavy atom. The van der Waals surface area contributed by atoms with E-state index in [2.05, 4.69) is 4.98 Å². The van der Waals surface area contributed by atoms with E-state index < -0.39 is 0 Å². The molecule has 2 aliphatic rings. The van der Waals surface area contributed by atoms with E-state index in [9.17, 15) is 9.59 Å². The lowest BCUT2D eigenvalue weighted by molar-refractivity contribution is -0.143. The van der Waals surface area contributed by atoms with Gasteiger partial charge in [0.25, 0.3) is 0 Å². The molecule has 0 unspecified atom stereocenters. The van der Waals surface area contributed by atoms with E-state index in [1.807, 2.05) is 28.0 Å². The van der Waals surface area contributed by atoms with Gasteiger partial charge in [-0.15, -0.1) is 0 Å². The largest absolute Gasteiger partial charge is 0.384 e. The van der Waals surface area contributed by atoms with Crippen LogP contribution in [-0.4, -0.2) is 59.9 Å². The molecule has 1 spiro atoms. The van der Waals surface area contributed by atoms with E-state index in [0.29, 0.717) is 26.0 Å². The van der Waals surface area contributed by atoms with Crippen LogP contribution >= 0.6 is 0 Å². The molecule has 2 amide bonds. The first-order chi connectivity index (χ1) is 12.1. The van der Waals surface area contributed by atoms with Gasteiger partial charge in [-0.3, -0.25) is 14.6 Å².